The van der Waals surface area contributed by atoms with E-state index in [1.807, 2.05) is 0 Å². The fraction of sp³-hybridized carbons (Fsp3) is 0.333. The molecule has 0 radical (unpaired) electrons. The summed E-state index contributed by atoms with van der Waals surface area (Å²) in [7, 11) is 0. The van der Waals surface area contributed by atoms with Crippen LogP contribution in [0.15, 0.2) is 54.6 Å². The van der Waals surface area contributed by atoms with E-state index >= 15 is 0 Å². The lowest BCUT2D eigenvalue weighted by molar-refractivity contribution is 0.622. The Hall–Kier alpha value is -1.27. The van der Waals surface area contributed by atoms with Crippen LogP contribution in [0, 0.1) is 11.8 Å². The number of rotatable bonds is 2. The quantitative estimate of drug-likeness (QED) is 0.677. The summed E-state index contributed by atoms with van der Waals surface area (Å²) in [6.07, 6.45) is 2.54. The van der Waals surface area contributed by atoms with Gasteiger partial charge >= 0.3 is 0 Å². The predicted molar refractivity (Wildman–Crippen MR) is 79.5 cm³/mol. The van der Waals surface area contributed by atoms with Crippen LogP contribution in [-0.2, 0) is 6.42 Å². The highest BCUT2D eigenvalue weighted by Gasteiger charge is 2.56. The number of hydrogen-bond donors (Lipinski definition) is 0. The Morgan fingerprint density at radius 2 is 1.68 bits per heavy atom. The fourth-order valence-corrected chi connectivity index (χ4v) is 4.37. The van der Waals surface area contributed by atoms with Crippen LogP contribution in [0.2, 0.25) is 0 Å². The van der Waals surface area contributed by atoms with Crippen LogP contribution in [0.4, 0.5) is 0 Å². The number of aryl methyl sites for hydroxylation is 1. The van der Waals surface area contributed by atoms with Gasteiger partial charge in [-0.05, 0) is 47.3 Å². The third kappa shape index (κ3) is 1.81. The van der Waals surface area contributed by atoms with E-state index in [-0.39, 0.29) is 5.38 Å². The molecule has 2 aliphatic rings. The number of hydrogen-bond acceptors (Lipinski definition) is 0. The zero-order chi connectivity index (χ0) is 12.8. The molecule has 4 atom stereocenters. The molecule has 0 N–H and O–H groups in total. The predicted octanol–water partition coefficient (Wildman–Crippen LogP) is 4.94. The van der Waals surface area contributed by atoms with E-state index in [1.165, 1.54) is 18.4 Å². The average molecular weight is 269 g/mol. The average Bonchev–Trinajstić information content (AvgIpc) is 3.22. The van der Waals surface area contributed by atoms with Gasteiger partial charge in [-0.2, -0.15) is 0 Å². The Morgan fingerprint density at radius 3 is 2.53 bits per heavy atom. The summed E-state index contributed by atoms with van der Waals surface area (Å²) in [6.45, 7) is 0. The van der Waals surface area contributed by atoms with E-state index in [0.717, 1.165) is 5.92 Å². The highest BCUT2D eigenvalue weighted by Crippen LogP contribution is 2.65. The molecule has 0 aromatic heterocycles. The first kappa shape index (κ1) is 11.5. The lowest BCUT2D eigenvalue weighted by atomic mass is 9.92. The molecule has 19 heavy (non-hydrogen) atoms. The first-order valence-corrected chi connectivity index (χ1v) is 7.57. The van der Waals surface area contributed by atoms with Gasteiger partial charge in [0.15, 0.2) is 0 Å². The highest BCUT2D eigenvalue weighted by molar-refractivity contribution is 6.21. The van der Waals surface area contributed by atoms with Crippen LogP contribution in [0.1, 0.15) is 34.4 Å². The first-order chi connectivity index (χ1) is 9.36. The summed E-state index contributed by atoms with van der Waals surface area (Å²) >= 11 is 6.74. The molecule has 4 unspecified atom stereocenters. The molecule has 96 valence electrons. The molecule has 0 aliphatic heterocycles. The van der Waals surface area contributed by atoms with Crippen LogP contribution in [-0.4, -0.2) is 0 Å². The second kappa shape index (κ2) is 4.38. The molecule has 2 aromatic rings. The third-order valence-electron chi connectivity index (χ3n) is 4.85. The molecule has 0 nitrogen and oxygen atoms in total. The van der Waals surface area contributed by atoms with Gasteiger partial charge in [0.25, 0.3) is 0 Å². The van der Waals surface area contributed by atoms with Crippen molar-refractivity contribution in [1.82, 2.24) is 0 Å². The standard InChI is InChI=1S/C18H17Cl/c19-18(13-7-2-1-3-8-13)17-15-11-10-12-6-4-5-9-14(12)16(15)17/h1-9,15-18H,10-11H2. The van der Waals surface area contributed by atoms with Crippen molar-refractivity contribution in [1.29, 1.82) is 0 Å². The van der Waals surface area contributed by atoms with E-state index < -0.39 is 0 Å². The van der Waals surface area contributed by atoms with E-state index in [0.29, 0.717) is 11.8 Å². The fourth-order valence-electron chi connectivity index (χ4n) is 3.88. The lowest BCUT2D eigenvalue weighted by Crippen LogP contribution is -2.00. The van der Waals surface area contributed by atoms with Crippen molar-refractivity contribution in [2.24, 2.45) is 11.8 Å². The molecular formula is C18H17Cl. The Bertz CT molecular complexity index is 590. The van der Waals surface area contributed by atoms with Crippen LogP contribution in [0.25, 0.3) is 0 Å². The molecule has 2 aliphatic carbocycles. The summed E-state index contributed by atoms with van der Waals surface area (Å²) in [5.74, 6) is 2.14. The normalized spacial score (nSPS) is 29.2. The minimum Gasteiger partial charge on any atom is -0.117 e. The maximum absolute atomic E-state index is 6.74. The minimum atomic E-state index is 0.169. The lowest BCUT2D eigenvalue weighted by Gasteiger charge is -2.13. The molecule has 0 spiro atoms. The maximum Gasteiger partial charge on any atom is 0.0622 e. The van der Waals surface area contributed by atoms with Gasteiger partial charge in [0.05, 0.1) is 5.38 Å². The van der Waals surface area contributed by atoms with E-state index in [9.17, 15) is 0 Å². The second-order valence-corrected chi connectivity index (χ2v) is 6.29. The van der Waals surface area contributed by atoms with Gasteiger partial charge in [-0.1, -0.05) is 54.6 Å². The maximum atomic E-state index is 6.74. The first-order valence-electron chi connectivity index (χ1n) is 7.13. The van der Waals surface area contributed by atoms with Crippen LogP contribution in [0.5, 0.6) is 0 Å². The number of benzene rings is 2. The van der Waals surface area contributed by atoms with Crippen molar-refractivity contribution in [3.8, 4) is 0 Å². The van der Waals surface area contributed by atoms with Crippen molar-refractivity contribution in [3.05, 3.63) is 71.3 Å². The Kier molecular flexibility index (Phi) is 2.66. The molecule has 1 fully saturated rings. The Morgan fingerprint density at radius 1 is 0.947 bits per heavy atom. The van der Waals surface area contributed by atoms with Gasteiger partial charge in [-0.25, -0.2) is 0 Å². The second-order valence-electron chi connectivity index (χ2n) is 5.82. The highest BCUT2D eigenvalue weighted by atomic mass is 35.5. The number of halogens is 1. The zero-order valence-corrected chi connectivity index (χ0v) is 11.6. The monoisotopic (exact) mass is 268 g/mol. The van der Waals surface area contributed by atoms with Crippen molar-refractivity contribution in [2.75, 3.05) is 0 Å². The van der Waals surface area contributed by atoms with Gasteiger partial charge in [-0.3, -0.25) is 0 Å². The number of alkyl halides is 1. The van der Waals surface area contributed by atoms with Gasteiger partial charge < -0.3 is 0 Å². The topological polar surface area (TPSA) is 0 Å². The van der Waals surface area contributed by atoms with Crippen molar-refractivity contribution in [2.45, 2.75) is 24.1 Å². The molecule has 1 saturated carbocycles. The summed E-state index contributed by atoms with van der Waals surface area (Å²) in [5, 5.41) is 0.169. The van der Waals surface area contributed by atoms with E-state index in [4.69, 9.17) is 11.6 Å². The summed E-state index contributed by atoms with van der Waals surface area (Å²) in [4.78, 5) is 0. The van der Waals surface area contributed by atoms with Gasteiger partial charge in [0.2, 0.25) is 0 Å². The zero-order valence-electron chi connectivity index (χ0n) is 10.8. The molecule has 4 rings (SSSR count). The Labute approximate surface area is 119 Å². The molecule has 0 amide bonds. The van der Waals surface area contributed by atoms with Gasteiger partial charge in [0, 0.05) is 0 Å². The molecule has 2 aromatic carbocycles. The van der Waals surface area contributed by atoms with Crippen LogP contribution >= 0.6 is 11.6 Å². The molecule has 0 bridgehead atoms. The van der Waals surface area contributed by atoms with Crippen LogP contribution in [0.3, 0.4) is 0 Å². The SMILES string of the molecule is ClC(c1ccccc1)C1C2CCc3ccccc3C21. The van der Waals surface area contributed by atoms with Crippen molar-refractivity contribution >= 4 is 11.6 Å². The smallest absolute Gasteiger partial charge is 0.0622 e. The van der Waals surface area contributed by atoms with Gasteiger partial charge in [0.1, 0.15) is 0 Å². The summed E-state index contributed by atoms with van der Waals surface area (Å²) in [6, 6.07) is 19.5. The largest absolute Gasteiger partial charge is 0.117 e. The third-order valence-corrected chi connectivity index (χ3v) is 5.39. The molecule has 0 heterocycles. The minimum absolute atomic E-state index is 0.169. The van der Waals surface area contributed by atoms with Crippen molar-refractivity contribution in [3.63, 3.8) is 0 Å². The van der Waals surface area contributed by atoms with E-state index in [1.54, 1.807) is 11.1 Å². The summed E-state index contributed by atoms with van der Waals surface area (Å²) in [5.41, 5.74) is 4.38. The number of fused-ring (bicyclic) bond motifs is 3. The summed E-state index contributed by atoms with van der Waals surface area (Å²) < 4.78 is 0. The Balaban J connectivity index is 1.64. The van der Waals surface area contributed by atoms with Crippen LogP contribution < -0.4 is 0 Å². The molecule has 0 saturated heterocycles. The van der Waals surface area contributed by atoms with E-state index in [2.05, 4.69) is 54.6 Å². The molecule has 1 heteroatoms. The van der Waals surface area contributed by atoms with Crippen molar-refractivity contribution < 1.29 is 0 Å². The van der Waals surface area contributed by atoms with Gasteiger partial charge in [-0.15, -0.1) is 11.6 Å². The molecular weight excluding hydrogens is 252 g/mol.